The maximum atomic E-state index is 14.1. The topological polar surface area (TPSA) is 78.8 Å². The third kappa shape index (κ3) is 2.71. The van der Waals surface area contributed by atoms with Gasteiger partial charge in [-0.3, -0.25) is 0 Å². The van der Waals surface area contributed by atoms with Gasteiger partial charge in [-0.15, -0.1) is 0 Å². The highest BCUT2D eigenvalue weighted by Crippen LogP contribution is 2.37. The van der Waals surface area contributed by atoms with Crippen molar-refractivity contribution in [2.24, 2.45) is 0 Å². The Morgan fingerprint density at radius 3 is 2.52 bits per heavy atom. The second-order valence-corrected chi connectivity index (χ2v) is 7.06. The van der Waals surface area contributed by atoms with E-state index in [4.69, 9.17) is 15.6 Å². The van der Waals surface area contributed by atoms with Crippen molar-refractivity contribution in [3.05, 3.63) is 65.5 Å². The Hall–Kier alpha value is -3.55. The molecule has 6 nitrogen and oxygen atoms in total. The van der Waals surface area contributed by atoms with Crippen molar-refractivity contribution in [1.82, 2.24) is 19.7 Å². The quantitative estimate of drug-likeness (QED) is 0.574. The zero-order chi connectivity index (χ0) is 20.1. The van der Waals surface area contributed by atoms with E-state index in [1.807, 2.05) is 16.8 Å². The lowest BCUT2D eigenvalue weighted by molar-refractivity contribution is 0.372. The monoisotopic (exact) mass is 393 g/mol. The van der Waals surface area contributed by atoms with Crippen molar-refractivity contribution in [2.45, 2.75) is 18.9 Å². The minimum absolute atomic E-state index is 0.0464. The van der Waals surface area contributed by atoms with Crippen molar-refractivity contribution in [3.63, 3.8) is 0 Å². The Kier molecular flexibility index (Phi) is 3.94. The Labute approximate surface area is 165 Å². The molecule has 0 fully saturated rings. The van der Waals surface area contributed by atoms with Crippen LogP contribution in [0, 0.1) is 11.6 Å². The summed E-state index contributed by atoms with van der Waals surface area (Å²) in [5.74, 6) is -2.04. The fourth-order valence-electron chi connectivity index (χ4n) is 4.01. The number of halogens is 2. The molecule has 0 amide bonds. The average Bonchev–Trinajstić information content (AvgIpc) is 3.32. The van der Waals surface area contributed by atoms with Crippen LogP contribution in [0.1, 0.15) is 17.2 Å². The van der Waals surface area contributed by atoms with Crippen LogP contribution in [0.15, 0.2) is 42.7 Å². The molecule has 2 heterocycles. The van der Waals surface area contributed by atoms with E-state index in [-0.39, 0.29) is 17.6 Å². The molecule has 2 aromatic heterocycles. The van der Waals surface area contributed by atoms with E-state index in [2.05, 4.69) is 22.1 Å². The van der Waals surface area contributed by atoms with Crippen molar-refractivity contribution in [2.75, 3.05) is 12.8 Å². The highest BCUT2D eigenvalue weighted by atomic mass is 19.2. The summed E-state index contributed by atoms with van der Waals surface area (Å²) in [5.41, 5.74) is 9.96. The first-order valence-corrected chi connectivity index (χ1v) is 9.15. The first-order chi connectivity index (χ1) is 14.1. The largest absolute Gasteiger partial charge is 0.494 e. The molecule has 1 aliphatic rings. The summed E-state index contributed by atoms with van der Waals surface area (Å²) in [6.45, 7) is 0. The van der Waals surface area contributed by atoms with Crippen molar-refractivity contribution in [1.29, 1.82) is 0 Å². The van der Waals surface area contributed by atoms with E-state index in [0.717, 1.165) is 18.9 Å². The lowest BCUT2D eigenvalue weighted by atomic mass is 10.1. The molecule has 0 saturated heterocycles. The van der Waals surface area contributed by atoms with Gasteiger partial charge in [-0.25, -0.2) is 19.0 Å². The van der Waals surface area contributed by atoms with Gasteiger partial charge in [-0.1, -0.05) is 24.3 Å². The molecule has 29 heavy (non-hydrogen) atoms. The molecule has 1 aliphatic carbocycles. The molecule has 5 rings (SSSR count). The summed E-state index contributed by atoms with van der Waals surface area (Å²) in [6.07, 6.45) is 2.99. The zero-order valence-corrected chi connectivity index (χ0v) is 15.6. The van der Waals surface area contributed by atoms with Crippen LogP contribution in [0.5, 0.6) is 5.75 Å². The molecule has 0 unspecified atom stereocenters. The minimum atomic E-state index is -1.05. The third-order valence-corrected chi connectivity index (χ3v) is 5.38. The number of hydrogen-bond acceptors (Lipinski definition) is 5. The van der Waals surface area contributed by atoms with Crippen LogP contribution >= 0.6 is 0 Å². The molecule has 0 radical (unpaired) electrons. The number of anilines is 1. The maximum Gasteiger partial charge on any atom is 0.200 e. The number of fused-ring (bicyclic) bond motifs is 2. The summed E-state index contributed by atoms with van der Waals surface area (Å²) in [5, 5.41) is 5.23. The van der Waals surface area contributed by atoms with E-state index in [1.54, 1.807) is 0 Å². The lowest BCUT2D eigenvalue weighted by Crippen LogP contribution is -2.11. The Balaban J connectivity index is 1.70. The molecule has 2 N–H and O–H groups in total. The number of nitrogens with two attached hydrogens (primary N) is 1. The number of nitrogen functional groups attached to an aromatic ring is 1. The number of methoxy groups -OCH3 is 1. The molecule has 0 aliphatic heterocycles. The standard InChI is InChI=1S/C21H17F2N5O/c1-29-16-9-13(8-15(22)18(16)23)19-17-20(24)25-10-26-21(17)28(27-19)14-6-11-4-2-3-5-12(11)7-14/h2-5,8-10,14H,6-7H2,1H3,(H2,24,25,26). The molecule has 0 atom stereocenters. The van der Waals surface area contributed by atoms with Gasteiger partial charge in [0.1, 0.15) is 17.8 Å². The van der Waals surface area contributed by atoms with Crippen molar-refractivity contribution < 1.29 is 13.5 Å². The van der Waals surface area contributed by atoms with Crippen LogP contribution in [0.4, 0.5) is 14.6 Å². The van der Waals surface area contributed by atoms with E-state index in [1.165, 1.54) is 30.6 Å². The minimum Gasteiger partial charge on any atom is -0.494 e. The number of aromatic nitrogens is 4. The molecule has 146 valence electrons. The van der Waals surface area contributed by atoms with Crippen LogP contribution in [-0.2, 0) is 12.8 Å². The molecule has 2 aromatic carbocycles. The van der Waals surface area contributed by atoms with E-state index >= 15 is 0 Å². The second-order valence-electron chi connectivity index (χ2n) is 7.06. The van der Waals surface area contributed by atoms with Crippen LogP contribution in [0.25, 0.3) is 22.3 Å². The third-order valence-electron chi connectivity index (χ3n) is 5.38. The maximum absolute atomic E-state index is 14.1. The smallest absolute Gasteiger partial charge is 0.200 e. The summed E-state index contributed by atoms with van der Waals surface area (Å²) in [6, 6.07) is 10.8. The number of ether oxygens (including phenoxy) is 1. The van der Waals surface area contributed by atoms with E-state index in [0.29, 0.717) is 22.3 Å². The van der Waals surface area contributed by atoms with Gasteiger partial charge in [0.15, 0.2) is 17.2 Å². The van der Waals surface area contributed by atoms with Gasteiger partial charge in [0.05, 0.1) is 18.5 Å². The van der Waals surface area contributed by atoms with Crippen LogP contribution in [0.2, 0.25) is 0 Å². The summed E-state index contributed by atoms with van der Waals surface area (Å²) < 4.78 is 34.8. The van der Waals surface area contributed by atoms with Crippen molar-refractivity contribution >= 4 is 16.9 Å². The predicted molar refractivity (Wildman–Crippen MR) is 105 cm³/mol. The molecular formula is C21H17F2N5O. The van der Waals surface area contributed by atoms with Crippen LogP contribution in [-0.4, -0.2) is 26.9 Å². The average molecular weight is 393 g/mol. The fraction of sp³-hybridized carbons (Fsp3) is 0.190. The Morgan fingerprint density at radius 2 is 1.83 bits per heavy atom. The molecule has 0 bridgehead atoms. The molecule has 4 aromatic rings. The van der Waals surface area contributed by atoms with Gasteiger partial charge in [0.2, 0.25) is 5.82 Å². The molecule has 0 saturated carbocycles. The van der Waals surface area contributed by atoms with Crippen LogP contribution < -0.4 is 10.5 Å². The van der Waals surface area contributed by atoms with Gasteiger partial charge < -0.3 is 10.5 Å². The van der Waals surface area contributed by atoms with Gasteiger partial charge in [-0.2, -0.15) is 9.49 Å². The SMILES string of the molecule is COc1cc(-c2nn(C3Cc4ccccc4C3)c3ncnc(N)c23)cc(F)c1F. The summed E-state index contributed by atoms with van der Waals surface area (Å²) in [7, 11) is 1.28. The van der Waals surface area contributed by atoms with Gasteiger partial charge in [-0.05, 0) is 36.1 Å². The number of nitrogens with zero attached hydrogens (tertiary/aromatic N) is 4. The summed E-state index contributed by atoms with van der Waals surface area (Å²) >= 11 is 0. The summed E-state index contributed by atoms with van der Waals surface area (Å²) in [4.78, 5) is 8.46. The zero-order valence-electron chi connectivity index (χ0n) is 15.6. The van der Waals surface area contributed by atoms with Crippen molar-refractivity contribution in [3.8, 4) is 17.0 Å². The number of rotatable bonds is 3. The lowest BCUT2D eigenvalue weighted by Gasteiger charge is -2.10. The highest BCUT2D eigenvalue weighted by molar-refractivity contribution is 5.98. The first-order valence-electron chi connectivity index (χ1n) is 9.15. The van der Waals surface area contributed by atoms with Gasteiger partial charge in [0, 0.05) is 5.56 Å². The second kappa shape index (κ2) is 6.51. The van der Waals surface area contributed by atoms with E-state index < -0.39 is 11.6 Å². The number of hydrogen-bond donors (Lipinski definition) is 1. The first kappa shape index (κ1) is 17.5. The van der Waals surface area contributed by atoms with Crippen LogP contribution in [0.3, 0.4) is 0 Å². The van der Waals surface area contributed by atoms with E-state index in [9.17, 15) is 8.78 Å². The fourth-order valence-corrected chi connectivity index (χ4v) is 4.01. The Bertz CT molecular complexity index is 1230. The van der Waals surface area contributed by atoms with Gasteiger partial charge >= 0.3 is 0 Å². The normalized spacial score (nSPS) is 13.8. The molecule has 8 heteroatoms. The predicted octanol–water partition coefficient (Wildman–Crippen LogP) is 3.70. The van der Waals surface area contributed by atoms with Gasteiger partial charge in [0.25, 0.3) is 0 Å². The molecular weight excluding hydrogens is 376 g/mol. The number of benzene rings is 2. The Morgan fingerprint density at radius 1 is 1.10 bits per heavy atom. The molecule has 0 spiro atoms. The highest BCUT2D eigenvalue weighted by Gasteiger charge is 2.28.